The van der Waals surface area contributed by atoms with Gasteiger partial charge in [0.05, 0.1) is 25.6 Å². The summed E-state index contributed by atoms with van der Waals surface area (Å²) in [6.45, 7) is -8.71. The molecule has 2 aliphatic heterocycles. The minimum absolute atomic E-state index is 0.0221. The van der Waals surface area contributed by atoms with E-state index in [1.807, 2.05) is 0 Å². The highest BCUT2D eigenvalue weighted by Crippen LogP contribution is 2.60. The number of anilines is 2. The number of nitrogens with zero attached hydrogens (tertiary/aromatic N) is 5. The van der Waals surface area contributed by atoms with E-state index in [2.05, 4.69) is 54.7 Å². The van der Waals surface area contributed by atoms with Crippen molar-refractivity contribution >= 4 is 61.0 Å². The van der Waals surface area contributed by atoms with Crippen molar-refractivity contribution in [3.05, 3.63) is 35.3 Å². The number of nitrogens with one attached hydrogen (secondary N) is 2. The summed E-state index contributed by atoms with van der Waals surface area (Å²) in [4.78, 5) is 30.8. The highest BCUT2D eigenvalue weighted by Gasteiger charge is 2.51. The molecular formula is C20H26N8O9P2S2. The third kappa shape index (κ3) is 6.20. The largest absolute Gasteiger partial charge is 0.387 e. The molecule has 21 heteroatoms. The average Bonchev–Trinajstić information content (AvgIpc) is 3.57. The molecule has 0 radical (unpaired) electrons. The second kappa shape index (κ2) is 11.2. The third-order valence-electron chi connectivity index (χ3n) is 6.98. The summed E-state index contributed by atoms with van der Waals surface area (Å²) in [5, 5.41) is 14.4. The van der Waals surface area contributed by atoms with Crippen molar-refractivity contribution in [1.82, 2.24) is 29.5 Å². The summed E-state index contributed by atoms with van der Waals surface area (Å²) in [6, 6.07) is 1.54. The second-order valence-electron chi connectivity index (χ2n) is 9.74. The number of nitrogens with two attached hydrogens (primary N) is 1. The number of aliphatic hydroxyl groups excluding tert-OH is 1. The molecule has 3 fully saturated rings. The highest BCUT2D eigenvalue weighted by atomic mass is 32.7. The van der Waals surface area contributed by atoms with Crippen molar-refractivity contribution in [1.29, 1.82) is 0 Å². The first-order valence-electron chi connectivity index (χ1n) is 12.4. The molecule has 6 rings (SSSR count). The van der Waals surface area contributed by atoms with E-state index < -0.39 is 62.3 Å². The quantitative estimate of drug-likeness (QED) is 0.175. The molecule has 2 bridgehead atoms. The van der Waals surface area contributed by atoms with Gasteiger partial charge in [0, 0.05) is 18.2 Å². The van der Waals surface area contributed by atoms with Crippen LogP contribution in [0.5, 0.6) is 0 Å². The van der Waals surface area contributed by atoms with Gasteiger partial charge in [0.25, 0.3) is 5.56 Å². The van der Waals surface area contributed by atoms with Crippen LogP contribution in [-0.2, 0) is 32.0 Å². The van der Waals surface area contributed by atoms with E-state index in [0.717, 1.165) is 0 Å². The molecule has 2 saturated heterocycles. The van der Waals surface area contributed by atoms with Crippen molar-refractivity contribution in [3.63, 3.8) is 0 Å². The SMILES string of the molecule is Nc1nc2c(ncn2[C@@H]2O[C@@H]3CO[P@@](=O)(S)O[C@H]4C[C@H](Nc5ccncn5)C[C@@H]4CO[P@@](=O)(S)O[C@@H]2[C@@H]3O)c(=O)[nH]1. The fraction of sp³-hybridized carbons (Fsp3) is 0.550. The minimum Gasteiger partial charge on any atom is -0.387 e. The maximum atomic E-state index is 13.4. The second-order valence-corrected chi connectivity index (χ2v) is 15.5. The topological polar surface area (TPSA) is 228 Å². The van der Waals surface area contributed by atoms with E-state index in [1.165, 1.54) is 17.2 Å². The molecule has 0 spiro atoms. The molecule has 222 valence electrons. The molecule has 3 aliphatic rings. The summed E-state index contributed by atoms with van der Waals surface area (Å²) in [5.41, 5.74) is 5.07. The summed E-state index contributed by atoms with van der Waals surface area (Å²) < 4.78 is 56.6. The van der Waals surface area contributed by atoms with Crippen LogP contribution < -0.4 is 16.6 Å². The fourth-order valence-electron chi connectivity index (χ4n) is 5.16. The Hall–Kier alpha value is -2.05. The van der Waals surface area contributed by atoms with Crippen molar-refractivity contribution < 1.29 is 37.1 Å². The first-order chi connectivity index (χ1) is 19.5. The maximum Gasteiger partial charge on any atom is 0.386 e. The predicted molar refractivity (Wildman–Crippen MR) is 149 cm³/mol. The third-order valence-corrected chi connectivity index (χ3v) is 10.2. The van der Waals surface area contributed by atoms with Gasteiger partial charge in [-0.05, 0) is 18.9 Å². The molecule has 0 amide bonds. The average molecular weight is 649 g/mol. The van der Waals surface area contributed by atoms with Crippen LogP contribution in [0.2, 0.25) is 0 Å². The first kappa shape index (κ1) is 29.0. The molecule has 1 aliphatic carbocycles. The van der Waals surface area contributed by atoms with E-state index >= 15 is 0 Å². The number of H-pyrrole nitrogens is 1. The lowest BCUT2D eigenvalue weighted by Crippen LogP contribution is -2.35. The smallest absolute Gasteiger partial charge is 0.386 e. The monoisotopic (exact) mass is 648 g/mol. The Morgan fingerprint density at radius 3 is 2.68 bits per heavy atom. The number of aromatic amines is 1. The van der Waals surface area contributed by atoms with E-state index in [1.54, 1.807) is 12.3 Å². The van der Waals surface area contributed by atoms with Crippen LogP contribution in [0.15, 0.2) is 29.7 Å². The zero-order chi connectivity index (χ0) is 28.9. The Balaban J connectivity index is 1.28. The summed E-state index contributed by atoms with van der Waals surface area (Å²) in [7, 11) is 0. The van der Waals surface area contributed by atoms with E-state index in [-0.39, 0.29) is 29.8 Å². The van der Waals surface area contributed by atoms with Gasteiger partial charge in [-0.1, -0.05) is 24.5 Å². The Labute approximate surface area is 242 Å². The van der Waals surface area contributed by atoms with Gasteiger partial charge in [-0.25, -0.2) is 24.1 Å². The lowest BCUT2D eigenvalue weighted by atomic mass is 10.1. The molecular weight excluding hydrogens is 622 g/mol. The van der Waals surface area contributed by atoms with Crippen LogP contribution in [-0.4, -0.2) is 78.3 Å². The Morgan fingerprint density at radius 2 is 1.90 bits per heavy atom. The number of imidazole rings is 1. The number of nitrogen functional groups attached to an aromatic ring is 1. The van der Waals surface area contributed by atoms with Crippen LogP contribution in [0.3, 0.4) is 0 Å². The molecule has 3 aromatic rings. The lowest BCUT2D eigenvalue weighted by molar-refractivity contribution is -0.0487. The summed E-state index contributed by atoms with van der Waals surface area (Å²) in [5.74, 6) is -0.00147. The van der Waals surface area contributed by atoms with Gasteiger partial charge in [-0.15, -0.1) is 0 Å². The number of aliphatic hydroxyl groups is 1. The standard InChI is InChI=1S/C20H26N8O9P2S2/c21-20-26-17-14(18(30)27-20)24-8-28(17)19-16-15(29)12(35-19)6-34-38(31,40)36-11-4-10(25-13-1-2-22-7-23-13)3-9(11)5-33-39(32,41)37-16/h1-2,7-12,15-16,19,29H,3-6H2,(H,31,40)(H,32,41)(H,22,23,25)(H3,21,26,27,30)/t9-,10-,11+,12-,15-,16-,19-,38-,39-/m1/s1. The molecule has 1 saturated carbocycles. The number of hydrogen-bond acceptors (Lipinski definition) is 15. The first-order valence-corrected chi connectivity index (χ1v) is 17.8. The van der Waals surface area contributed by atoms with Gasteiger partial charge in [0.1, 0.15) is 30.5 Å². The summed E-state index contributed by atoms with van der Waals surface area (Å²) >= 11 is 8.28. The Kier molecular flexibility index (Phi) is 7.95. The van der Waals surface area contributed by atoms with E-state index in [4.69, 9.17) is 28.6 Å². The number of hydrogen-bond donors (Lipinski definition) is 6. The van der Waals surface area contributed by atoms with Gasteiger partial charge in [0.15, 0.2) is 17.4 Å². The Morgan fingerprint density at radius 1 is 1.12 bits per heavy atom. The number of ether oxygens (including phenoxy) is 1. The molecule has 17 nitrogen and oxygen atoms in total. The number of thiol groups is 2. The van der Waals surface area contributed by atoms with Gasteiger partial charge in [0.2, 0.25) is 5.95 Å². The molecule has 0 unspecified atom stereocenters. The van der Waals surface area contributed by atoms with Gasteiger partial charge < -0.3 is 25.4 Å². The van der Waals surface area contributed by atoms with E-state index in [0.29, 0.717) is 18.7 Å². The van der Waals surface area contributed by atoms with Crippen LogP contribution in [0.1, 0.15) is 19.1 Å². The molecule has 5 heterocycles. The highest BCUT2D eigenvalue weighted by molar-refractivity contribution is 8.44. The van der Waals surface area contributed by atoms with Crippen molar-refractivity contribution in [2.24, 2.45) is 5.92 Å². The van der Waals surface area contributed by atoms with Gasteiger partial charge in [-0.2, -0.15) is 4.98 Å². The van der Waals surface area contributed by atoms with Crippen LogP contribution in [0.4, 0.5) is 11.8 Å². The zero-order valence-corrected chi connectivity index (χ0v) is 24.6. The predicted octanol–water partition coefficient (Wildman–Crippen LogP) is 1.53. The van der Waals surface area contributed by atoms with Gasteiger partial charge >= 0.3 is 13.6 Å². The maximum absolute atomic E-state index is 13.4. The molecule has 3 aromatic heterocycles. The molecule has 41 heavy (non-hydrogen) atoms. The van der Waals surface area contributed by atoms with Crippen molar-refractivity contribution in [2.45, 2.75) is 49.5 Å². The minimum atomic E-state index is -4.14. The Bertz CT molecular complexity index is 1580. The summed E-state index contributed by atoms with van der Waals surface area (Å²) in [6.07, 6.45) is -0.796. The van der Waals surface area contributed by atoms with Crippen LogP contribution >= 0.6 is 38.1 Å². The fourth-order valence-corrected chi connectivity index (χ4v) is 8.22. The molecule has 0 aromatic carbocycles. The molecule has 9 atom stereocenters. The molecule has 5 N–H and O–H groups in total. The van der Waals surface area contributed by atoms with E-state index in [9.17, 15) is 19.0 Å². The van der Waals surface area contributed by atoms with Crippen molar-refractivity contribution in [2.75, 3.05) is 24.3 Å². The lowest BCUT2D eigenvalue weighted by Gasteiger charge is -2.26. The number of aromatic nitrogens is 6. The normalized spacial score (nSPS) is 38.1. The van der Waals surface area contributed by atoms with Crippen LogP contribution in [0.25, 0.3) is 11.2 Å². The number of rotatable bonds is 3. The zero-order valence-electron chi connectivity index (χ0n) is 21.0. The number of fused-ring (bicyclic) bond motifs is 4. The van der Waals surface area contributed by atoms with Crippen molar-refractivity contribution in [3.8, 4) is 0 Å². The van der Waals surface area contributed by atoms with Crippen LogP contribution in [0, 0.1) is 5.92 Å². The van der Waals surface area contributed by atoms with Gasteiger partial charge in [-0.3, -0.25) is 27.9 Å².